The van der Waals surface area contributed by atoms with Gasteiger partial charge in [-0.3, -0.25) is 4.79 Å². The number of nitrogens with zero attached hydrogens (tertiary/aromatic N) is 2. The number of fused-ring (bicyclic) bond motifs is 1. The van der Waals surface area contributed by atoms with Crippen LogP contribution in [-0.4, -0.2) is 29.3 Å². The minimum absolute atomic E-state index is 0.156. The second-order valence-corrected chi connectivity index (χ2v) is 6.23. The number of hydrogen-bond acceptors (Lipinski definition) is 6. The topological polar surface area (TPSA) is 86.5 Å². The molecular formula is C20H19N3O4. The normalized spacial score (nSPS) is 13.8. The summed E-state index contributed by atoms with van der Waals surface area (Å²) in [6.45, 7) is 2.76. The van der Waals surface area contributed by atoms with E-state index in [1.807, 2.05) is 30.3 Å². The van der Waals surface area contributed by atoms with Crippen LogP contribution in [0.15, 0.2) is 52.9 Å². The molecule has 0 bridgehead atoms. The Labute approximate surface area is 156 Å². The molecule has 1 aliphatic heterocycles. The van der Waals surface area contributed by atoms with Crippen molar-refractivity contribution in [3.63, 3.8) is 0 Å². The molecule has 0 aliphatic carbocycles. The predicted molar refractivity (Wildman–Crippen MR) is 98.0 cm³/mol. The minimum atomic E-state index is -0.315. The van der Waals surface area contributed by atoms with Crippen LogP contribution in [0.5, 0.6) is 11.5 Å². The largest absolute Gasteiger partial charge is 0.486 e. The highest BCUT2D eigenvalue weighted by Gasteiger charge is 2.24. The predicted octanol–water partition coefficient (Wildman–Crippen LogP) is 3.31. The first-order chi connectivity index (χ1) is 13.2. The van der Waals surface area contributed by atoms with Gasteiger partial charge in [0.2, 0.25) is 17.7 Å². The number of hydrogen-bond donors (Lipinski definition) is 1. The first-order valence-corrected chi connectivity index (χ1v) is 8.73. The van der Waals surface area contributed by atoms with Gasteiger partial charge in [-0.25, -0.2) is 0 Å². The van der Waals surface area contributed by atoms with E-state index in [0.29, 0.717) is 42.2 Å². The van der Waals surface area contributed by atoms with Crippen LogP contribution in [0.1, 0.15) is 29.7 Å². The van der Waals surface area contributed by atoms with Gasteiger partial charge in [-0.15, -0.1) is 10.2 Å². The van der Waals surface area contributed by atoms with Gasteiger partial charge in [-0.2, -0.15) is 0 Å². The number of aromatic nitrogens is 2. The van der Waals surface area contributed by atoms with Crippen LogP contribution in [0, 0.1) is 6.92 Å². The lowest BCUT2D eigenvalue weighted by molar-refractivity contribution is -0.116. The first kappa shape index (κ1) is 17.1. The van der Waals surface area contributed by atoms with Crippen molar-refractivity contribution >= 4 is 11.6 Å². The van der Waals surface area contributed by atoms with E-state index in [1.165, 1.54) is 0 Å². The lowest BCUT2D eigenvalue weighted by Crippen LogP contribution is -2.18. The number of aryl methyl sites for hydroxylation is 1. The third-order valence-corrected chi connectivity index (χ3v) is 4.26. The van der Waals surface area contributed by atoms with Crippen molar-refractivity contribution in [1.29, 1.82) is 0 Å². The Morgan fingerprint density at radius 1 is 1.07 bits per heavy atom. The number of ether oxygens (including phenoxy) is 2. The molecule has 7 nitrogen and oxygen atoms in total. The number of carbonyl (C=O) groups excluding carboxylic acids is 1. The van der Waals surface area contributed by atoms with Crippen molar-refractivity contribution in [2.45, 2.75) is 19.3 Å². The summed E-state index contributed by atoms with van der Waals surface area (Å²) >= 11 is 0. The van der Waals surface area contributed by atoms with E-state index in [2.05, 4.69) is 15.5 Å². The van der Waals surface area contributed by atoms with E-state index in [-0.39, 0.29) is 18.2 Å². The molecule has 1 aromatic heterocycles. The zero-order chi connectivity index (χ0) is 18.6. The van der Waals surface area contributed by atoms with Crippen molar-refractivity contribution in [3.05, 3.63) is 65.9 Å². The maximum absolute atomic E-state index is 12.7. The highest BCUT2D eigenvalue weighted by Crippen LogP contribution is 2.33. The molecule has 3 aromatic rings. The summed E-state index contributed by atoms with van der Waals surface area (Å²) in [4.78, 5) is 12.7. The average Bonchev–Trinajstić information content (AvgIpc) is 3.13. The summed E-state index contributed by atoms with van der Waals surface area (Å²) in [5.74, 6) is 1.74. The molecule has 1 amide bonds. The van der Waals surface area contributed by atoms with Gasteiger partial charge < -0.3 is 19.2 Å². The average molecular weight is 365 g/mol. The van der Waals surface area contributed by atoms with Gasteiger partial charge in [0.25, 0.3) is 0 Å². The lowest BCUT2D eigenvalue weighted by Gasteiger charge is -2.19. The standard InChI is InChI=1S/C20H19N3O4/c1-13-22-23-20(27-13)16(14-5-3-2-4-6-14)12-19(24)21-15-7-8-17-18(11-15)26-10-9-25-17/h2-8,11,16H,9-10,12H2,1H3,(H,21,24). The summed E-state index contributed by atoms with van der Waals surface area (Å²) in [5, 5.41) is 10.9. The number of rotatable bonds is 5. The fourth-order valence-electron chi connectivity index (χ4n) is 3.00. The Morgan fingerprint density at radius 3 is 2.59 bits per heavy atom. The second-order valence-electron chi connectivity index (χ2n) is 6.23. The molecule has 0 saturated carbocycles. The first-order valence-electron chi connectivity index (χ1n) is 8.73. The van der Waals surface area contributed by atoms with E-state index < -0.39 is 0 Å². The van der Waals surface area contributed by atoms with Crippen LogP contribution in [-0.2, 0) is 4.79 Å². The van der Waals surface area contributed by atoms with Gasteiger partial charge in [-0.05, 0) is 17.7 Å². The minimum Gasteiger partial charge on any atom is -0.486 e. The second kappa shape index (κ2) is 7.49. The fourth-order valence-corrected chi connectivity index (χ4v) is 3.00. The number of benzene rings is 2. The highest BCUT2D eigenvalue weighted by molar-refractivity contribution is 5.91. The highest BCUT2D eigenvalue weighted by atomic mass is 16.6. The van der Waals surface area contributed by atoms with Gasteiger partial charge in [-0.1, -0.05) is 30.3 Å². The van der Waals surface area contributed by atoms with Crippen LogP contribution >= 0.6 is 0 Å². The van der Waals surface area contributed by atoms with E-state index >= 15 is 0 Å². The summed E-state index contributed by atoms with van der Waals surface area (Å²) in [7, 11) is 0. The van der Waals surface area contributed by atoms with E-state index in [0.717, 1.165) is 5.56 Å². The van der Waals surface area contributed by atoms with Gasteiger partial charge in [0.05, 0.1) is 5.92 Å². The van der Waals surface area contributed by atoms with E-state index in [1.54, 1.807) is 25.1 Å². The van der Waals surface area contributed by atoms with Crippen molar-refractivity contribution < 1.29 is 18.7 Å². The Balaban J connectivity index is 1.52. The quantitative estimate of drug-likeness (QED) is 0.746. The van der Waals surface area contributed by atoms with E-state index in [9.17, 15) is 4.79 Å². The summed E-state index contributed by atoms with van der Waals surface area (Å²) in [6.07, 6.45) is 0.181. The molecule has 0 saturated heterocycles. The molecule has 27 heavy (non-hydrogen) atoms. The van der Waals surface area contributed by atoms with Gasteiger partial charge in [0, 0.05) is 25.1 Å². The molecule has 0 spiro atoms. The van der Waals surface area contributed by atoms with Crippen LogP contribution < -0.4 is 14.8 Å². The summed E-state index contributed by atoms with van der Waals surface area (Å²) in [5.41, 5.74) is 1.59. The number of carbonyl (C=O) groups is 1. The lowest BCUT2D eigenvalue weighted by atomic mass is 9.95. The maximum Gasteiger partial charge on any atom is 0.225 e. The summed E-state index contributed by atoms with van der Waals surface area (Å²) in [6, 6.07) is 15.0. The molecule has 1 aliphatic rings. The Kier molecular flexibility index (Phi) is 4.74. The van der Waals surface area contributed by atoms with Gasteiger partial charge in [0.15, 0.2) is 11.5 Å². The summed E-state index contributed by atoms with van der Waals surface area (Å²) < 4.78 is 16.6. The number of amides is 1. The molecule has 1 unspecified atom stereocenters. The van der Waals surface area contributed by atoms with Gasteiger partial charge in [0.1, 0.15) is 13.2 Å². The molecule has 1 N–H and O–H groups in total. The van der Waals surface area contributed by atoms with Crippen molar-refractivity contribution in [2.24, 2.45) is 0 Å². The molecule has 1 atom stereocenters. The molecule has 7 heteroatoms. The fraction of sp³-hybridized carbons (Fsp3) is 0.250. The molecular weight excluding hydrogens is 346 g/mol. The molecule has 0 radical (unpaired) electrons. The van der Waals surface area contributed by atoms with Crippen molar-refractivity contribution in [1.82, 2.24) is 10.2 Å². The molecule has 0 fully saturated rings. The number of nitrogens with one attached hydrogen (secondary N) is 1. The van der Waals surface area contributed by atoms with Crippen LogP contribution in [0.3, 0.4) is 0 Å². The third kappa shape index (κ3) is 3.92. The third-order valence-electron chi connectivity index (χ3n) is 4.26. The van der Waals surface area contributed by atoms with Crippen molar-refractivity contribution in [3.8, 4) is 11.5 Å². The molecule has 4 rings (SSSR count). The monoisotopic (exact) mass is 365 g/mol. The maximum atomic E-state index is 12.7. The van der Waals surface area contributed by atoms with Crippen LogP contribution in [0.2, 0.25) is 0 Å². The Morgan fingerprint density at radius 2 is 1.85 bits per heavy atom. The van der Waals surface area contributed by atoms with Crippen molar-refractivity contribution in [2.75, 3.05) is 18.5 Å². The zero-order valence-electron chi connectivity index (χ0n) is 14.8. The van der Waals surface area contributed by atoms with Gasteiger partial charge >= 0.3 is 0 Å². The SMILES string of the molecule is Cc1nnc(C(CC(=O)Nc2ccc3c(c2)OCCO3)c2ccccc2)o1. The zero-order valence-corrected chi connectivity index (χ0v) is 14.8. The Bertz CT molecular complexity index is 939. The molecule has 2 aromatic carbocycles. The molecule has 138 valence electrons. The van der Waals surface area contributed by atoms with Crippen LogP contribution in [0.4, 0.5) is 5.69 Å². The Hall–Kier alpha value is -3.35. The smallest absolute Gasteiger partial charge is 0.225 e. The van der Waals surface area contributed by atoms with Crippen LogP contribution in [0.25, 0.3) is 0 Å². The number of anilines is 1. The molecule has 2 heterocycles. The van der Waals surface area contributed by atoms with E-state index in [4.69, 9.17) is 13.9 Å².